The van der Waals surface area contributed by atoms with E-state index in [1.165, 1.54) is 0 Å². The summed E-state index contributed by atoms with van der Waals surface area (Å²) in [5.74, 6) is 0.957. The van der Waals surface area contributed by atoms with Gasteiger partial charge in [0.15, 0.2) is 5.84 Å². The number of nitrogens with zero attached hydrogens (tertiary/aromatic N) is 4. The van der Waals surface area contributed by atoms with Crippen LogP contribution in [0.15, 0.2) is 156 Å². The number of benzene rings is 4. The van der Waals surface area contributed by atoms with E-state index in [1.807, 2.05) is 161 Å². The molecule has 3 N–H and O–H groups in total. The van der Waals surface area contributed by atoms with Crippen LogP contribution >= 0.6 is 0 Å². The Kier molecular flexibility index (Phi) is 10.0. The second-order valence-electron chi connectivity index (χ2n) is 13.8. The molecule has 0 bridgehead atoms. The van der Waals surface area contributed by atoms with Gasteiger partial charge in [0.2, 0.25) is 0 Å². The van der Waals surface area contributed by atoms with Crippen LogP contribution < -0.4 is 10.6 Å². The number of rotatable bonds is 8. The highest BCUT2D eigenvalue weighted by Crippen LogP contribution is 2.45. The summed E-state index contributed by atoms with van der Waals surface area (Å²) >= 11 is 0. The predicted octanol–water partition coefficient (Wildman–Crippen LogP) is 10.1. The Balaban J connectivity index is 1.39. The third-order valence-electron chi connectivity index (χ3n) is 9.79. The van der Waals surface area contributed by atoms with Gasteiger partial charge in [0.1, 0.15) is 17.5 Å². The van der Waals surface area contributed by atoms with Gasteiger partial charge >= 0.3 is 0 Å². The van der Waals surface area contributed by atoms with Crippen molar-refractivity contribution in [2.24, 2.45) is 9.98 Å². The molecule has 278 valence electrons. The molecule has 2 amide bonds. The Hall–Kier alpha value is -7.52. The minimum Gasteiger partial charge on any atom is -0.325 e. The van der Waals surface area contributed by atoms with Gasteiger partial charge in [0.25, 0.3) is 11.8 Å². The van der Waals surface area contributed by atoms with E-state index in [9.17, 15) is 9.59 Å². The molecular formula is C48H39N7O2. The van der Waals surface area contributed by atoms with Crippen molar-refractivity contribution in [3.05, 3.63) is 190 Å². The smallest absolute Gasteiger partial charge is 0.257 e. The lowest BCUT2D eigenvalue weighted by Crippen LogP contribution is -2.31. The molecule has 8 rings (SSSR count). The van der Waals surface area contributed by atoms with E-state index < -0.39 is 0 Å². The molecule has 0 saturated heterocycles. The van der Waals surface area contributed by atoms with Crippen LogP contribution in [0, 0.1) is 27.7 Å². The summed E-state index contributed by atoms with van der Waals surface area (Å²) in [7, 11) is 0. The minimum atomic E-state index is -0.301. The number of nitrogens with one attached hydrogen (secondary N) is 3. The molecule has 1 aliphatic rings. The molecule has 3 aromatic heterocycles. The van der Waals surface area contributed by atoms with Gasteiger partial charge in [-0.25, -0.2) is 9.98 Å². The Morgan fingerprint density at radius 2 is 1.05 bits per heavy atom. The number of aliphatic imine (C=N–C) groups is 2. The summed E-state index contributed by atoms with van der Waals surface area (Å²) in [6, 6.07) is 46.2. The van der Waals surface area contributed by atoms with Gasteiger partial charge in [-0.1, -0.05) is 109 Å². The van der Waals surface area contributed by atoms with Crippen molar-refractivity contribution < 1.29 is 9.59 Å². The molecule has 4 aromatic carbocycles. The zero-order chi connectivity index (χ0) is 39.5. The van der Waals surface area contributed by atoms with Crippen LogP contribution in [-0.4, -0.2) is 38.4 Å². The average molecular weight is 746 g/mol. The highest BCUT2D eigenvalue weighted by atomic mass is 16.2. The fourth-order valence-electron chi connectivity index (χ4n) is 7.03. The lowest BCUT2D eigenvalue weighted by molar-refractivity contribution is 0.0975. The topological polar surface area (TPSA) is 124 Å². The maximum atomic E-state index is 14.0. The molecule has 0 spiro atoms. The number of carbonyl (C=O) groups excluding carboxylic acids is 2. The normalized spacial score (nSPS) is 13.1. The standard InChI is InChI=1S/C48H39N7O2/c1-29-17-11-13-25-35(29)47(56)54-45-41(37-27-15-19-31(3)49-37)39(33-21-7-5-8-22-33)43(52-45)51-44-40(34-23-9-6-10-24-34)42(38-28-16-20-32(4)50-38)46(53-44)55-48(57)36-26-14-12-18-30(36)2/h5-28,52H,1-4H3,(H,54,56)(H,51,53,55,57). The number of aryl methyl sites for hydroxylation is 4. The first-order valence-corrected chi connectivity index (χ1v) is 18.7. The van der Waals surface area contributed by atoms with E-state index in [0.717, 1.165) is 39.2 Å². The number of aromatic amines is 1. The van der Waals surface area contributed by atoms with E-state index >= 15 is 0 Å². The molecule has 0 fully saturated rings. The van der Waals surface area contributed by atoms with Crippen molar-refractivity contribution in [3.8, 4) is 22.4 Å². The highest BCUT2D eigenvalue weighted by Gasteiger charge is 2.32. The number of hydrogen-bond acceptors (Lipinski definition) is 5. The fourth-order valence-corrected chi connectivity index (χ4v) is 7.03. The molecule has 1 aliphatic heterocycles. The fraction of sp³-hybridized carbons (Fsp3) is 0.0833. The van der Waals surface area contributed by atoms with Crippen LogP contribution in [0.25, 0.3) is 33.5 Å². The first-order chi connectivity index (χ1) is 27.7. The van der Waals surface area contributed by atoms with Crippen molar-refractivity contribution in [2.45, 2.75) is 27.7 Å². The van der Waals surface area contributed by atoms with Crippen molar-refractivity contribution in [1.29, 1.82) is 0 Å². The SMILES string of the molecule is Cc1cccc(C2=C(c3ccccc3)C(=Nc3[nH]c(NC(=O)c4ccccc4C)c(-c4cccc(C)n4)c3-c3ccccc3)N=C2NC(=O)c2ccccc2C)n1. The third-order valence-corrected chi connectivity index (χ3v) is 9.79. The zero-order valence-electron chi connectivity index (χ0n) is 32.0. The van der Waals surface area contributed by atoms with Crippen LogP contribution in [0.2, 0.25) is 0 Å². The van der Waals surface area contributed by atoms with E-state index in [0.29, 0.717) is 62.5 Å². The lowest BCUT2D eigenvalue weighted by atomic mass is 9.97. The highest BCUT2D eigenvalue weighted by molar-refractivity contribution is 6.51. The first kappa shape index (κ1) is 36.5. The number of anilines is 1. The first-order valence-electron chi connectivity index (χ1n) is 18.7. The van der Waals surface area contributed by atoms with Gasteiger partial charge in [-0.05, 0) is 86.3 Å². The van der Waals surface area contributed by atoms with E-state index in [2.05, 4.69) is 15.6 Å². The van der Waals surface area contributed by atoms with Gasteiger partial charge in [0.05, 0.1) is 22.5 Å². The molecule has 0 aliphatic carbocycles. The summed E-state index contributed by atoms with van der Waals surface area (Å²) in [4.78, 5) is 51.7. The molecule has 9 nitrogen and oxygen atoms in total. The predicted molar refractivity (Wildman–Crippen MR) is 229 cm³/mol. The number of amidine groups is 2. The molecule has 0 radical (unpaired) electrons. The molecule has 0 unspecified atom stereocenters. The van der Waals surface area contributed by atoms with Crippen molar-refractivity contribution in [2.75, 3.05) is 5.32 Å². The largest absolute Gasteiger partial charge is 0.325 e. The minimum absolute atomic E-state index is 0.278. The number of H-pyrrole nitrogens is 1. The Labute approximate surface area is 331 Å². The van der Waals surface area contributed by atoms with E-state index in [4.69, 9.17) is 20.0 Å². The molecule has 4 heterocycles. The van der Waals surface area contributed by atoms with E-state index in [1.54, 1.807) is 12.1 Å². The molecule has 57 heavy (non-hydrogen) atoms. The number of amides is 2. The maximum Gasteiger partial charge on any atom is 0.257 e. The van der Waals surface area contributed by atoms with Crippen molar-refractivity contribution in [3.63, 3.8) is 0 Å². The second kappa shape index (κ2) is 15.7. The van der Waals surface area contributed by atoms with Gasteiger partial charge < -0.3 is 15.6 Å². The Morgan fingerprint density at radius 1 is 0.526 bits per heavy atom. The Morgan fingerprint density at radius 3 is 1.65 bits per heavy atom. The monoisotopic (exact) mass is 745 g/mol. The van der Waals surface area contributed by atoms with Gasteiger partial charge in [-0.3, -0.25) is 19.6 Å². The third kappa shape index (κ3) is 7.46. The van der Waals surface area contributed by atoms with Crippen LogP contribution in [0.3, 0.4) is 0 Å². The molecule has 7 aromatic rings. The second-order valence-corrected chi connectivity index (χ2v) is 13.8. The molecular weight excluding hydrogens is 707 g/mol. The number of pyridine rings is 2. The number of carbonyl (C=O) groups is 2. The molecule has 0 saturated carbocycles. The van der Waals surface area contributed by atoms with E-state index in [-0.39, 0.29) is 11.8 Å². The summed E-state index contributed by atoms with van der Waals surface area (Å²) in [6.45, 7) is 7.67. The summed E-state index contributed by atoms with van der Waals surface area (Å²) < 4.78 is 0. The maximum absolute atomic E-state index is 14.0. The number of aromatic nitrogens is 3. The van der Waals surface area contributed by atoms with Crippen LogP contribution in [-0.2, 0) is 0 Å². The Bertz CT molecular complexity index is 2760. The van der Waals surface area contributed by atoms with Crippen molar-refractivity contribution in [1.82, 2.24) is 20.3 Å². The summed E-state index contributed by atoms with van der Waals surface area (Å²) in [5, 5.41) is 6.28. The van der Waals surface area contributed by atoms with Crippen molar-refractivity contribution >= 4 is 46.3 Å². The molecule has 9 heteroatoms. The van der Waals surface area contributed by atoms with Crippen LogP contribution in [0.1, 0.15) is 54.5 Å². The van der Waals surface area contributed by atoms with Gasteiger partial charge in [-0.2, -0.15) is 0 Å². The zero-order valence-corrected chi connectivity index (χ0v) is 32.0. The van der Waals surface area contributed by atoms with Gasteiger partial charge in [0, 0.05) is 33.7 Å². The summed E-state index contributed by atoms with van der Waals surface area (Å²) in [6.07, 6.45) is 0. The lowest BCUT2D eigenvalue weighted by Gasteiger charge is -2.12. The summed E-state index contributed by atoms with van der Waals surface area (Å²) in [5.41, 5.74) is 10.1. The number of hydrogen-bond donors (Lipinski definition) is 3. The molecule has 0 atom stereocenters. The quantitative estimate of drug-likeness (QED) is 0.143. The average Bonchev–Trinajstić information content (AvgIpc) is 3.75. The van der Waals surface area contributed by atoms with Crippen LogP contribution in [0.5, 0.6) is 0 Å². The van der Waals surface area contributed by atoms with Crippen LogP contribution in [0.4, 0.5) is 11.6 Å². The van der Waals surface area contributed by atoms with Gasteiger partial charge in [-0.15, -0.1) is 0 Å².